The van der Waals surface area contributed by atoms with Crippen LogP contribution in [0.25, 0.3) is 0 Å². The lowest BCUT2D eigenvalue weighted by Gasteiger charge is -2.25. The van der Waals surface area contributed by atoms with Crippen LogP contribution in [0.5, 0.6) is 0 Å². The second kappa shape index (κ2) is 6.33. The highest BCUT2D eigenvalue weighted by atomic mass is 16.5. The predicted octanol–water partition coefficient (Wildman–Crippen LogP) is 0.380. The number of fused-ring (bicyclic) bond motifs is 1. The number of rotatable bonds is 4. The molecule has 1 unspecified atom stereocenters. The van der Waals surface area contributed by atoms with Crippen molar-refractivity contribution in [2.24, 2.45) is 0 Å². The van der Waals surface area contributed by atoms with Crippen LogP contribution in [-0.2, 0) is 27.4 Å². The molecule has 5 nitrogen and oxygen atoms in total. The summed E-state index contributed by atoms with van der Waals surface area (Å²) in [6.45, 7) is 2.45. The monoisotopic (exact) mass is 262 g/mol. The molecule has 0 saturated heterocycles. The topological polar surface area (TPSA) is 67.4 Å². The molecular weight excluding hydrogens is 244 g/mol. The van der Waals surface area contributed by atoms with Gasteiger partial charge in [0, 0.05) is 19.9 Å². The van der Waals surface area contributed by atoms with Crippen LogP contribution in [-0.4, -0.2) is 31.0 Å². The van der Waals surface area contributed by atoms with Crippen LogP contribution < -0.4 is 10.6 Å². The molecule has 2 rings (SSSR count). The Labute approximate surface area is 112 Å². The van der Waals surface area contributed by atoms with Gasteiger partial charge in [-0.25, -0.2) is 0 Å². The van der Waals surface area contributed by atoms with E-state index in [9.17, 15) is 9.59 Å². The highest BCUT2D eigenvalue weighted by molar-refractivity contribution is 5.83. The number of carbonyl (C=O) groups is 2. The zero-order valence-electron chi connectivity index (χ0n) is 10.9. The van der Waals surface area contributed by atoms with Crippen molar-refractivity contribution < 1.29 is 14.3 Å². The largest absolute Gasteiger partial charge is 0.371 e. The Morgan fingerprint density at radius 3 is 2.74 bits per heavy atom. The molecule has 0 aliphatic carbocycles. The Balaban J connectivity index is 1.76. The minimum Gasteiger partial charge on any atom is -0.371 e. The maximum Gasteiger partial charge on any atom is 0.239 e. The van der Waals surface area contributed by atoms with Crippen molar-refractivity contribution in [2.75, 3.05) is 13.1 Å². The normalized spacial score (nSPS) is 17.4. The van der Waals surface area contributed by atoms with Gasteiger partial charge in [-0.1, -0.05) is 24.3 Å². The van der Waals surface area contributed by atoms with Crippen molar-refractivity contribution in [3.8, 4) is 0 Å². The third kappa shape index (κ3) is 4.06. The summed E-state index contributed by atoms with van der Waals surface area (Å²) in [5, 5.41) is 5.22. The molecule has 1 aliphatic heterocycles. The molecule has 1 aliphatic rings. The Morgan fingerprint density at radius 2 is 2.00 bits per heavy atom. The fourth-order valence-electron chi connectivity index (χ4n) is 2.04. The first-order valence-corrected chi connectivity index (χ1v) is 6.34. The van der Waals surface area contributed by atoms with Gasteiger partial charge in [0.1, 0.15) is 0 Å². The molecule has 1 atom stereocenters. The van der Waals surface area contributed by atoms with Crippen molar-refractivity contribution in [1.29, 1.82) is 0 Å². The number of hydrogen-bond acceptors (Lipinski definition) is 3. The quantitative estimate of drug-likeness (QED) is 0.824. The van der Waals surface area contributed by atoms with Gasteiger partial charge in [-0.2, -0.15) is 0 Å². The first-order valence-electron chi connectivity index (χ1n) is 6.34. The molecule has 19 heavy (non-hydrogen) atoms. The molecule has 0 saturated carbocycles. The van der Waals surface area contributed by atoms with E-state index in [2.05, 4.69) is 22.8 Å². The van der Waals surface area contributed by atoms with Crippen molar-refractivity contribution in [1.82, 2.24) is 10.6 Å². The lowest BCUT2D eigenvalue weighted by atomic mass is 9.99. The SMILES string of the molecule is CC(=O)NCC(=O)NCC1Cc2ccccc2CO1. The number of ether oxygens (including phenoxy) is 1. The number of carbonyl (C=O) groups excluding carboxylic acids is 2. The van der Waals surface area contributed by atoms with E-state index in [4.69, 9.17) is 4.74 Å². The highest BCUT2D eigenvalue weighted by Gasteiger charge is 2.19. The van der Waals surface area contributed by atoms with E-state index in [1.807, 2.05) is 12.1 Å². The molecule has 1 heterocycles. The van der Waals surface area contributed by atoms with Gasteiger partial charge in [-0.3, -0.25) is 9.59 Å². The maximum atomic E-state index is 11.5. The summed E-state index contributed by atoms with van der Waals surface area (Å²) in [6, 6.07) is 8.15. The molecule has 1 aromatic rings. The van der Waals surface area contributed by atoms with Gasteiger partial charge >= 0.3 is 0 Å². The van der Waals surface area contributed by atoms with Crippen LogP contribution in [0.2, 0.25) is 0 Å². The third-order valence-electron chi connectivity index (χ3n) is 3.07. The molecule has 0 bridgehead atoms. The van der Waals surface area contributed by atoms with Gasteiger partial charge in [0.05, 0.1) is 19.3 Å². The molecule has 0 spiro atoms. The first-order chi connectivity index (χ1) is 9.15. The molecule has 102 valence electrons. The van der Waals surface area contributed by atoms with Crippen molar-refractivity contribution >= 4 is 11.8 Å². The molecule has 2 N–H and O–H groups in total. The van der Waals surface area contributed by atoms with Crippen LogP contribution in [0.3, 0.4) is 0 Å². The average Bonchev–Trinajstić information content (AvgIpc) is 2.42. The summed E-state index contributed by atoms with van der Waals surface area (Å²) in [4.78, 5) is 22.1. The van der Waals surface area contributed by atoms with Crippen LogP contribution >= 0.6 is 0 Å². The standard InChI is InChI=1S/C14H18N2O3/c1-10(17)15-8-14(18)16-7-13-6-11-4-2-3-5-12(11)9-19-13/h2-5,13H,6-9H2,1H3,(H,15,17)(H,16,18). The van der Waals surface area contributed by atoms with E-state index in [0.717, 1.165) is 6.42 Å². The van der Waals surface area contributed by atoms with Crippen LogP contribution in [0, 0.1) is 0 Å². The second-order valence-electron chi connectivity index (χ2n) is 4.62. The number of amides is 2. The van der Waals surface area contributed by atoms with Gasteiger partial charge in [-0.05, 0) is 11.1 Å². The van der Waals surface area contributed by atoms with Crippen molar-refractivity contribution in [3.63, 3.8) is 0 Å². The minimum absolute atomic E-state index is 0.00354. The summed E-state index contributed by atoms with van der Waals surface area (Å²) in [7, 11) is 0. The molecule has 2 amide bonds. The molecule has 0 radical (unpaired) electrons. The summed E-state index contributed by atoms with van der Waals surface area (Å²) in [5.74, 6) is -0.407. The first kappa shape index (κ1) is 13.5. The zero-order valence-corrected chi connectivity index (χ0v) is 10.9. The van der Waals surface area contributed by atoms with Crippen molar-refractivity contribution in [2.45, 2.75) is 26.1 Å². The van der Waals surface area contributed by atoms with E-state index in [1.165, 1.54) is 18.1 Å². The molecule has 0 fully saturated rings. The van der Waals surface area contributed by atoms with Crippen LogP contribution in [0.4, 0.5) is 0 Å². The van der Waals surface area contributed by atoms with E-state index in [0.29, 0.717) is 13.2 Å². The summed E-state index contributed by atoms with van der Waals surface area (Å²) >= 11 is 0. The van der Waals surface area contributed by atoms with Crippen LogP contribution in [0.15, 0.2) is 24.3 Å². The average molecular weight is 262 g/mol. The van der Waals surface area contributed by atoms with E-state index >= 15 is 0 Å². The third-order valence-corrected chi connectivity index (χ3v) is 3.07. The minimum atomic E-state index is -0.210. The Kier molecular flexibility index (Phi) is 4.52. The predicted molar refractivity (Wildman–Crippen MR) is 70.4 cm³/mol. The Bertz CT molecular complexity index is 474. The lowest BCUT2D eigenvalue weighted by molar-refractivity contribution is -0.125. The summed E-state index contributed by atoms with van der Waals surface area (Å²) < 4.78 is 5.68. The van der Waals surface area contributed by atoms with E-state index in [-0.39, 0.29) is 24.5 Å². The van der Waals surface area contributed by atoms with Gasteiger partial charge in [0.25, 0.3) is 0 Å². The maximum absolute atomic E-state index is 11.5. The van der Waals surface area contributed by atoms with Crippen molar-refractivity contribution in [3.05, 3.63) is 35.4 Å². The van der Waals surface area contributed by atoms with Gasteiger partial charge < -0.3 is 15.4 Å². The number of hydrogen-bond donors (Lipinski definition) is 2. The highest BCUT2D eigenvalue weighted by Crippen LogP contribution is 2.19. The zero-order chi connectivity index (χ0) is 13.7. The smallest absolute Gasteiger partial charge is 0.239 e. The molecule has 1 aromatic carbocycles. The number of benzene rings is 1. The molecular formula is C14H18N2O3. The summed E-state index contributed by atoms with van der Waals surface area (Å²) in [6.07, 6.45) is 0.799. The Hall–Kier alpha value is -1.88. The second-order valence-corrected chi connectivity index (χ2v) is 4.62. The van der Waals surface area contributed by atoms with Gasteiger partial charge in [0.15, 0.2) is 0 Å². The fourth-order valence-corrected chi connectivity index (χ4v) is 2.04. The fraction of sp³-hybridized carbons (Fsp3) is 0.429. The van der Waals surface area contributed by atoms with E-state index < -0.39 is 0 Å². The summed E-state index contributed by atoms with van der Waals surface area (Å²) in [5.41, 5.74) is 2.48. The van der Waals surface area contributed by atoms with Crippen LogP contribution in [0.1, 0.15) is 18.1 Å². The Morgan fingerprint density at radius 1 is 1.26 bits per heavy atom. The number of nitrogens with one attached hydrogen (secondary N) is 2. The lowest BCUT2D eigenvalue weighted by Crippen LogP contribution is -2.41. The van der Waals surface area contributed by atoms with Gasteiger partial charge in [-0.15, -0.1) is 0 Å². The molecule has 5 heteroatoms. The van der Waals surface area contributed by atoms with E-state index in [1.54, 1.807) is 0 Å². The molecule has 0 aromatic heterocycles. The van der Waals surface area contributed by atoms with Gasteiger partial charge in [0.2, 0.25) is 11.8 Å².